The van der Waals surface area contributed by atoms with E-state index in [0.717, 1.165) is 6.33 Å². The fourth-order valence-electron chi connectivity index (χ4n) is 1.95. The maximum Gasteiger partial charge on any atom is 0.354 e. The first-order valence-electron chi connectivity index (χ1n) is 7.09. The number of amides is 1. The molecule has 1 aromatic carbocycles. The quantitative estimate of drug-likeness (QED) is 0.361. The summed E-state index contributed by atoms with van der Waals surface area (Å²) in [7, 11) is 0. The summed E-state index contributed by atoms with van der Waals surface area (Å²) < 4.78 is 0. The molecule has 2 rings (SSSR count). The molecule has 0 fully saturated rings. The van der Waals surface area contributed by atoms with Crippen LogP contribution in [0.5, 0.6) is 0 Å². The van der Waals surface area contributed by atoms with Crippen molar-refractivity contribution in [3.8, 4) is 0 Å². The number of anilines is 2. The summed E-state index contributed by atoms with van der Waals surface area (Å²) in [6.07, 6.45) is 2.53. The van der Waals surface area contributed by atoms with Gasteiger partial charge in [0.25, 0.3) is 11.6 Å². The summed E-state index contributed by atoms with van der Waals surface area (Å²) in [6.45, 7) is 3.71. The third-order valence-electron chi connectivity index (χ3n) is 3.06. The zero-order chi connectivity index (χ0) is 19.1. The van der Waals surface area contributed by atoms with Crippen molar-refractivity contribution in [2.45, 2.75) is 0 Å². The lowest BCUT2D eigenvalue weighted by Crippen LogP contribution is -2.31. The van der Waals surface area contributed by atoms with Gasteiger partial charge < -0.3 is 5.32 Å². The van der Waals surface area contributed by atoms with Crippen LogP contribution in [0.1, 0.15) is 10.4 Å². The molecule has 134 valence electrons. The van der Waals surface area contributed by atoms with E-state index < -0.39 is 27.1 Å². The first kappa shape index (κ1) is 18.3. The van der Waals surface area contributed by atoms with Gasteiger partial charge >= 0.3 is 5.69 Å². The molecule has 0 radical (unpaired) electrons. The normalized spacial score (nSPS) is 9.85. The van der Waals surface area contributed by atoms with Crippen LogP contribution in [-0.4, -0.2) is 32.3 Å². The van der Waals surface area contributed by atoms with Gasteiger partial charge in [-0.3, -0.25) is 35.9 Å². The molecule has 0 aliphatic heterocycles. The van der Waals surface area contributed by atoms with Crippen molar-refractivity contribution in [2.75, 3.05) is 17.3 Å². The van der Waals surface area contributed by atoms with Crippen LogP contribution in [0.4, 0.5) is 23.0 Å². The Hall–Kier alpha value is -4.09. The van der Waals surface area contributed by atoms with Gasteiger partial charge in [-0.05, 0) is 6.07 Å². The summed E-state index contributed by atoms with van der Waals surface area (Å²) >= 11 is 0. The van der Waals surface area contributed by atoms with Crippen molar-refractivity contribution in [1.82, 2.24) is 15.4 Å². The van der Waals surface area contributed by atoms with Crippen molar-refractivity contribution < 1.29 is 14.6 Å². The number of hydrogen-bond acceptors (Lipinski definition) is 9. The molecule has 0 aliphatic rings. The SMILES string of the molecule is C=CCNc1ncnc(NNC(=O)c2ccccc2[N+](=O)[O-])c1[N+](=O)[O-]. The molecule has 0 bridgehead atoms. The smallest absolute Gasteiger partial charge is 0.354 e. The maximum atomic E-state index is 12.2. The van der Waals surface area contributed by atoms with Gasteiger partial charge in [0.15, 0.2) is 0 Å². The second kappa shape index (κ2) is 8.14. The molecule has 3 N–H and O–H groups in total. The van der Waals surface area contributed by atoms with E-state index >= 15 is 0 Å². The number of carbonyl (C=O) groups is 1. The Balaban J connectivity index is 2.24. The molecule has 0 spiro atoms. The zero-order valence-corrected chi connectivity index (χ0v) is 13.2. The lowest BCUT2D eigenvalue weighted by Gasteiger charge is -2.10. The number of rotatable bonds is 8. The van der Waals surface area contributed by atoms with Crippen LogP contribution in [0.3, 0.4) is 0 Å². The van der Waals surface area contributed by atoms with Crippen LogP contribution in [0.2, 0.25) is 0 Å². The second-order valence-corrected chi connectivity index (χ2v) is 4.70. The number of para-hydroxylation sites is 1. The average Bonchev–Trinajstić information content (AvgIpc) is 2.63. The molecule has 0 unspecified atom stereocenters. The third kappa shape index (κ3) is 4.05. The Morgan fingerprint density at radius 1 is 1.15 bits per heavy atom. The van der Waals surface area contributed by atoms with E-state index in [-0.39, 0.29) is 23.7 Å². The monoisotopic (exact) mass is 359 g/mol. The van der Waals surface area contributed by atoms with E-state index in [1.807, 2.05) is 0 Å². The highest BCUT2D eigenvalue weighted by atomic mass is 16.6. The molecule has 1 heterocycles. The molecule has 26 heavy (non-hydrogen) atoms. The van der Waals surface area contributed by atoms with Gasteiger partial charge in [-0.2, -0.15) is 0 Å². The summed E-state index contributed by atoms with van der Waals surface area (Å²) in [5.41, 5.74) is 3.32. The van der Waals surface area contributed by atoms with E-state index in [0.29, 0.717) is 0 Å². The number of hydrogen-bond donors (Lipinski definition) is 3. The zero-order valence-electron chi connectivity index (χ0n) is 13.2. The number of nitro groups is 2. The Kier molecular flexibility index (Phi) is 5.71. The summed E-state index contributed by atoms with van der Waals surface area (Å²) in [4.78, 5) is 40.5. The van der Waals surface area contributed by atoms with Gasteiger partial charge in [-0.1, -0.05) is 18.2 Å². The number of benzene rings is 1. The van der Waals surface area contributed by atoms with Gasteiger partial charge in [0.05, 0.1) is 9.85 Å². The molecule has 1 amide bonds. The molecule has 1 aromatic heterocycles. The maximum absolute atomic E-state index is 12.2. The molecule has 12 nitrogen and oxygen atoms in total. The second-order valence-electron chi connectivity index (χ2n) is 4.70. The molecule has 0 atom stereocenters. The standard InChI is InChI=1S/C14H13N7O5/c1-2-7-15-12-11(21(25)26)13(17-8-16-12)18-19-14(22)9-5-3-4-6-10(9)20(23)24/h2-6,8H,1,7H2,(H,19,22)(H2,15,16,17,18). The lowest BCUT2D eigenvalue weighted by molar-refractivity contribution is -0.385. The van der Waals surface area contributed by atoms with Crippen LogP contribution in [0.25, 0.3) is 0 Å². The Morgan fingerprint density at radius 3 is 2.50 bits per heavy atom. The van der Waals surface area contributed by atoms with Gasteiger partial charge in [0.1, 0.15) is 11.9 Å². The van der Waals surface area contributed by atoms with Crippen LogP contribution >= 0.6 is 0 Å². The minimum Gasteiger partial charge on any atom is -0.361 e. The predicted octanol–water partition coefficient (Wildman–Crippen LogP) is 1.65. The fraction of sp³-hybridized carbons (Fsp3) is 0.0714. The third-order valence-corrected chi connectivity index (χ3v) is 3.06. The largest absolute Gasteiger partial charge is 0.361 e. The van der Waals surface area contributed by atoms with Gasteiger partial charge in [-0.25, -0.2) is 9.97 Å². The Bertz CT molecular complexity index is 871. The summed E-state index contributed by atoms with van der Waals surface area (Å²) in [5, 5.41) is 24.9. The lowest BCUT2D eigenvalue weighted by atomic mass is 10.2. The van der Waals surface area contributed by atoms with Crippen molar-refractivity contribution >= 4 is 28.9 Å². The molecular weight excluding hydrogens is 346 g/mol. The summed E-state index contributed by atoms with van der Waals surface area (Å²) in [6, 6.07) is 5.28. The van der Waals surface area contributed by atoms with E-state index in [1.165, 1.54) is 30.3 Å². The molecule has 0 aliphatic carbocycles. The number of hydrazine groups is 1. The van der Waals surface area contributed by atoms with Gasteiger partial charge in [0, 0.05) is 12.6 Å². The van der Waals surface area contributed by atoms with Crippen molar-refractivity contribution in [1.29, 1.82) is 0 Å². The first-order valence-corrected chi connectivity index (χ1v) is 7.09. The Labute approximate surface area is 146 Å². The highest BCUT2D eigenvalue weighted by Crippen LogP contribution is 2.28. The first-order chi connectivity index (χ1) is 12.5. The summed E-state index contributed by atoms with van der Waals surface area (Å²) in [5.74, 6) is -1.22. The van der Waals surface area contributed by atoms with Crippen LogP contribution in [-0.2, 0) is 0 Å². The van der Waals surface area contributed by atoms with Crippen LogP contribution in [0, 0.1) is 20.2 Å². The van der Waals surface area contributed by atoms with E-state index in [1.54, 1.807) is 0 Å². The minimum atomic E-state index is -0.856. The van der Waals surface area contributed by atoms with Gasteiger partial charge in [0.2, 0.25) is 11.6 Å². The predicted molar refractivity (Wildman–Crippen MR) is 91.6 cm³/mol. The molecular formula is C14H13N7O5. The average molecular weight is 359 g/mol. The van der Waals surface area contributed by atoms with Crippen molar-refractivity contribution in [3.05, 3.63) is 69.0 Å². The molecule has 0 saturated carbocycles. The fourth-order valence-corrected chi connectivity index (χ4v) is 1.95. The van der Waals surface area contributed by atoms with Crippen LogP contribution in [0.15, 0.2) is 43.2 Å². The molecule has 12 heteroatoms. The van der Waals surface area contributed by atoms with Crippen LogP contribution < -0.4 is 16.2 Å². The highest BCUT2D eigenvalue weighted by Gasteiger charge is 2.24. The van der Waals surface area contributed by atoms with E-state index in [4.69, 9.17) is 0 Å². The number of aromatic nitrogens is 2. The topological polar surface area (TPSA) is 165 Å². The van der Waals surface area contributed by atoms with Crippen molar-refractivity contribution in [2.24, 2.45) is 0 Å². The van der Waals surface area contributed by atoms with E-state index in [2.05, 4.69) is 32.7 Å². The van der Waals surface area contributed by atoms with E-state index in [9.17, 15) is 25.0 Å². The molecule has 2 aromatic rings. The Morgan fingerprint density at radius 2 is 1.85 bits per heavy atom. The number of nitrogens with one attached hydrogen (secondary N) is 3. The molecule has 0 saturated heterocycles. The van der Waals surface area contributed by atoms with Crippen molar-refractivity contribution in [3.63, 3.8) is 0 Å². The number of carbonyl (C=O) groups excluding carboxylic acids is 1. The van der Waals surface area contributed by atoms with Gasteiger partial charge in [-0.15, -0.1) is 6.58 Å². The number of nitro benzene ring substituents is 1. The number of nitrogens with zero attached hydrogens (tertiary/aromatic N) is 4. The highest BCUT2D eigenvalue weighted by molar-refractivity contribution is 5.98. The minimum absolute atomic E-state index is 0.0765.